The SMILES string of the molecule is COc1cc(OC)c(OC)cc1CNC(=O)CCl. The molecule has 0 bridgehead atoms. The van der Waals surface area contributed by atoms with Crippen LogP contribution in [0.4, 0.5) is 0 Å². The summed E-state index contributed by atoms with van der Waals surface area (Å²) in [6, 6.07) is 3.47. The Morgan fingerprint density at radius 2 is 1.67 bits per heavy atom. The molecule has 6 heteroatoms. The molecule has 100 valence electrons. The van der Waals surface area contributed by atoms with E-state index in [1.54, 1.807) is 33.5 Å². The molecule has 0 spiro atoms. The zero-order valence-corrected chi connectivity index (χ0v) is 11.3. The maximum atomic E-state index is 11.1. The maximum absolute atomic E-state index is 11.1. The van der Waals surface area contributed by atoms with E-state index in [1.165, 1.54) is 0 Å². The lowest BCUT2D eigenvalue weighted by Crippen LogP contribution is -2.24. The zero-order valence-electron chi connectivity index (χ0n) is 10.6. The van der Waals surface area contributed by atoms with Crippen molar-refractivity contribution in [2.75, 3.05) is 27.2 Å². The van der Waals surface area contributed by atoms with Crippen LogP contribution in [0, 0.1) is 0 Å². The lowest BCUT2D eigenvalue weighted by molar-refractivity contribution is -0.118. The van der Waals surface area contributed by atoms with Crippen molar-refractivity contribution in [3.63, 3.8) is 0 Å². The van der Waals surface area contributed by atoms with Gasteiger partial charge in [-0.1, -0.05) is 0 Å². The molecule has 18 heavy (non-hydrogen) atoms. The molecule has 1 aromatic carbocycles. The van der Waals surface area contributed by atoms with E-state index in [1.807, 2.05) is 0 Å². The Kier molecular flexibility index (Phi) is 5.58. The Labute approximate surface area is 111 Å². The molecule has 0 saturated heterocycles. The number of hydrogen-bond donors (Lipinski definition) is 1. The van der Waals surface area contributed by atoms with Crippen LogP contribution < -0.4 is 19.5 Å². The number of carbonyl (C=O) groups is 1. The molecule has 1 N–H and O–H groups in total. The highest BCUT2D eigenvalue weighted by molar-refractivity contribution is 6.27. The minimum Gasteiger partial charge on any atom is -0.496 e. The highest BCUT2D eigenvalue weighted by Crippen LogP contribution is 2.34. The normalized spacial score (nSPS) is 9.78. The van der Waals surface area contributed by atoms with Crippen LogP contribution in [0.5, 0.6) is 17.2 Å². The van der Waals surface area contributed by atoms with Crippen molar-refractivity contribution < 1.29 is 19.0 Å². The fraction of sp³-hybridized carbons (Fsp3) is 0.417. The average molecular weight is 274 g/mol. The fourth-order valence-corrected chi connectivity index (χ4v) is 1.57. The van der Waals surface area contributed by atoms with E-state index in [0.717, 1.165) is 5.56 Å². The van der Waals surface area contributed by atoms with Crippen LogP contribution in [0.2, 0.25) is 0 Å². The summed E-state index contributed by atoms with van der Waals surface area (Å²) < 4.78 is 15.6. The lowest BCUT2D eigenvalue weighted by atomic mass is 10.1. The molecule has 1 amide bonds. The number of ether oxygens (including phenoxy) is 3. The molecule has 5 nitrogen and oxygen atoms in total. The number of nitrogens with one attached hydrogen (secondary N) is 1. The quantitative estimate of drug-likeness (QED) is 0.800. The topological polar surface area (TPSA) is 56.8 Å². The highest BCUT2D eigenvalue weighted by Gasteiger charge is 2.12. The standard InChI is InChI=1S/C12H16ClNO4/c1-16-9-5-11(18-3)10(17-2)4-8(9)7-14-12(15)6-13/h4-5H,6-7H2,1-3H3,(H,14,15). The number of amides is 1. The molecule has 0 aliphatic rings. The van der Waals surface area contributed by atoms with E-state index in [4.69, 9.17) is 25.8 Å². The van der Waals surface area contributed by atoms with Crippen molar-refractivity contribution in [1.29, 1.82) is 0 Å². The van der Waals surface area contributed by atoms with Crippen molar-refractivity contribution in [2.45, 2.75) is 6.54 Å². The Balaban J connectivity index is 2.98. The Morgan fingerprint density at radius 1 is 1.11 bits per heavy atom. The van der Waals surface area contributed by atoms with Gasteiger partial charge in [0.2, 0.25) is 5.91 Å². The number of benzene rings is 1. The second kappa shape index (κ2) is 6.96. The van der Waals surface area contributed by atoms with Gasteiger partial charge in [0.25, 0.3) is 0 Å². The molecule has 0 aliphatic carbocycles. The van der Waals surface area contributed by atoms with Crippen LogP contribution in [0.25, 0.3) is 0 Å². The van der Waals surface area contributed by atoms with Crippen molar-refractivity contribution in [3.05, 3.63) is 17.7 Å². The number of halogens is 1. The first-order valence-corrected chi connectivity index (χ1v) is 5.81. The molecule has 1 aromatic rings. The number of carbonyl (C=O) groups excluding carboxylic acids is 1. The van der Waals surface area contributed by atoms with Crippen molar-refractivity contribution in [3.8, 4) is 17.2 Å². The third-order valence-corrected chi connectivity index (χ3v) is 2.63. The van der Waals surface area contributed by atoms with Gasteiger partial charge in [0, 0.05) is 18.2 Å². The first kappa shape index (κ1) is 14.4. The van der Waals surface area contributed by atoms with Crippen molar-refractivity contribution in [2.24, 2.45) is 0 Å². The summed E-state index contributed by atoms with van der Waals surface area (Å²) >= 11 is 5.41. The van der Waals surface area contributed by atoms with Gasteiger partial charge in [-0.15, -0.1) is 11.6 Å². The molecule has 0 aromatic heterocycles. The van der Waals surface area contributed by atoms with Gasteiger partial charge in [0.05, 0.1) is 21.3 Å². The van der Waals surface area contributed by atoms with Gasteiger partial charge in [-0.2, -0.15) is 0 Å². The van der Waals surface area contributed by atoms with E-state index >= 15 is 0 Å². The minimum absolute atomic E-state index is 0.0738. The highest BCUT2D eigenvalue weighted by atomic mass is 35.5. The van der Waals surface area contributed by atoms with E-state index in [0.29, 0.717) is 23.8 Å². The van der Waals surface area contributed by atoms with Gasteiger partial charge < -0.3 is 19.5 Å². The Morgan fingerprint density at radius 3 is 2.17 bits per heavy atom. The van der Waals surface area contributed by atoms with Crippen LogP contribution in [-0.2, 0) is 11.3 Å². The number of alkyl halides is 1. The molecule has 0 saturated carbocycles. The average Bonchev–Trinajstić information content (AvgIpc) is 2.43. The lowest BCUT2D eigenvalue weighted by Gasteiger charge is -2.14. The zero-order chi connectivity index (χ0) is 13.5. The molecular weight excluding hydrogens is 258 g/mol. The summed E-state index contributed by atoms with van der Waals surface area (Å²) in [5.74, 6) is 1.45. The third-order valence-electron chi connectivity index (χ3n) is 2.38. The van der Waals surface area contributed by atoms with E-state index in [2.05, 4.69) is 5.32 Å². The van der Waals surface area contributed by atoms with E-state index < -0.39 is 0 Å². The van der Waals surface area contributed by atoms with E-state index in [-0.39, 0.29) is 11.8 Å². The molecule has 0 unspecified atom stereocenters. The summed E-state index contributed by atoms with van der Waals surface area (Å²) in [7, 11) is 4.64. The maximum Gasteiger partial charge on any atom is 0.235 e. The number of rotatable bonds is 6. The molecule has 1 rings (SSSR count). The largest absolute Gasteiger partial charge is 0.496 e. The summed E-state index contributed by atoms with van der Waals surface area (Å²) in [6.45, 7) is 0.315. The van der Waals surface area contributed by atoms with Crippen LogP contribution in [0.15, 0.2) is 12.1 Å². The van der Waals surface area contributed by atoms with Crippen molar-refractivity contribution >= 4 is 17.5 Å². The number of methoxy groups -OCH3 is 3. The van der Waals surface area contributed by atoms with Crippen LogP contribution >= 0.6 is 11.6 Å². The number of hydrogen-bond acceptors (Lipinski definition) is 4. The molecular formula is C12H16ClNO4. The smallest absolute Gasteiger partial charge is 0.235 e. The molecule has 0 heterocycles. The summed E-state index contributed by atoms with van der Waals surface area (Å²) in [5, 5.41) is 2.66. The fourth-order valence-electron chi connectivity index (χ4n) is 1.47. The second-order valence-electron chi connectivity index (χ2n) is 3.43. The van der Waals surface area contributed by atoms with Crippen LogP contribution in [0.1, 0.15) is 5.56 Å². The predicted molar refractivity (Wildman–Crippen MR) is 68.7 cm³/mol. The molecule has 0 fully saturated rings. The van der Waals surface area contributed by atoms with Gasteiger partial charge in [0.1, 0.15) is 11.6 Å². The summed E-state index contributed by atoms with van der Waals surface area (Å²) in [5.41, 5.74) is 0.786. The first-order chi connectivity index (χ1) is 8.65. The monoisotopic (exact) mass is 273 g/mol. The predicted octanol–water partition coefficient (Wildman–Crippen LogP) is 1.57. The summed E-state index contributed by atoms with van der Waals surface area (Å²) in [4.78, 5) is 11.1. The van der Waals surface area contributed by atoms with Gasteiger partial charge in [0.15, 0.2) is 11.5 Å². The molecule has 0 atom stereocenters. The minimum atomic E-state index is -0.242. The first-order valence-electron chi connectivity index (χ1n) is 5.27. The van der Waals surface area contributed by atoms with Gasteiger partial charge >= 0.3 is 0 Å². The van der Waals surface area contributed by atoms with E-state index in [9.17, 15) is 4.79 Å². The van der Waals surface area contributed by atoms with Gasteiger partial charge in [-0.25, -0.2) is 0 Å². The Hall–Kier alpha value is -1.62. The third kappa shape index (κ3) is 3.43. The summed E-state index contributed by atoms with van der Waals surface area (Å²) in [6.07, 6.45) is 0. The van der Waals surface area contributed by atoms with Crippen molar-refractivity contribution in [1.82, 2.24) is 5.32 Å². The van der Waals surface area contributed by atoms with Crippen LogP contribution in [-0.4, -0.2) is 33.1 Å². The van der Waals surface area contributed by atoms with Crippen LogP contribution in [0.3, 0.4) is 0 Å². The van der Waals surface area contributed by atoms with Gasteiger partial charge in [-0.3, -0.25) is 4.79 Å². The Bertz CT molecular complexity index is 423. The molecule has 0 radical (unpaired) electrons. The van der Waals surface area contributed by atoms with Gasteiger partial charge in [-0.05, 0) is 6.07 Å². The molecule has 0 aliphatic heterocycles. The second-order valence-corrected chi connectivity index (χ2v) is 3.70.